The van der Waals surface area contributed by atoms with Gasteiger partial charge in [-0.25, -0.2) is 0 Å². The predicted molar refractivity (Wildman–Crippen MR) is 135 cm³/mol. The molecule has 1 aromatic carbocycles. The van der Waals surface area contributed by atoms with Crippen LogP contribution in [-0.4, -0.2) is 62.2 Å². The smallest absolute Gasteiger partial charge is 0.247 e. The van der Waals surface area contributed by atoms with Crippen molar-refractivity contribution in [2.24, 2.45) is 0 Å². The van der Waals surface area contributed by atoms with Crippen molar-refractivity contribution in [3.8, 4) is 11.6 Å². The molecule has 1 N–H and O–H groups in total. The zero-order valence-electron chi connectivity index (χ0n) is 21.4. The normalized spacial score (nSPS) is 18.7. The lowest BCUT2D eigenvalue weighted by molar-refractivity contribution is -0.143. The monoisotopic (exact) mass is 506 g/mol. The Hall–Kier alpha value is -3.53. The quantitative estimate of drug-likeness (QED) is 0.473. The summed E-state index contributed by atoms with van der Waals surface area (Å²) in [7, 11) is 0. The second-order valence-electron chi connectivity index (χ2n) is 10.0. The number of nitrogens with one attached hydrogen (secondary N) is 1. The number of carbonyl (C=O) groups is 2. The summed E-state index contributed by atoms with van der Waals surface area (Å²) in [6.45, 7) is 4.66. The molecule has 0 radical (unpaired) electrons. The van der Waals surface area contributed by atoms with Crippen molar-refractivity contribution in [2.75, 3.05) is 13.2 Å². The summed E-state index contributed by atoms with van der Waals surface area (Å²) >= 11 is 0. The second kappa shape index (κ2) is 11.2. The highest BCUT2D eigenvalue weighted by atomic mass is 16.5. The molecule has 2 aromatic heterocycles. The molecule has 2 aliphatic rings. The van der Waals surface area contributed by atoms with Crippen LogP contribution in [-0.2, 0) is 20.9 Å². The van der Waals surface area contributed by atoms with Gasteiger partial charge in [0, 0.05) is 19.2 Å². The van der Waals surface area contributed by atoms with Gasteiger partial charge in [0.2, 0.25) is 17.6 Å². The number of aromatic nitrogens is 4. The number of carbonyl (C=O) groups excluding carboxylic acids is 2. The van der Waals surface area contributed by atoms with E-state index in [1.807, 2.05) is 44.2 Å². The van der Waals surface area contributed by atoms with Gasteiger partial charge in [0.25, 0.3) is 0 Å². The van der Waals surface area contributed by atoms with Crippen LogP contribution in [0.15, 0.2) is 40.8 Å². The number of furan rings is 1. The van der Waals surface area contributed by atoms with Gasteiger partial charge >= 0.3 is 0 Å². The van der Waals surface area contributed by atoms with Gasteiger partial charge in [0.15, 0.2) is 5.76 Å². The van der Waals surface area contributed by atoms with Crippen LogP contribution < -0.4 is 5.32 Å². The van der Waals surface area contributed by atoms with Crippen molar-refractivity contribution < 1.29 is 18.7 Å². The first-order valence-electron chi connectivity index (χ1n) is 13.1. The van der Waals surface area contributed by atoms with Crippen molar-refractivity contribution in [3.63, 3.8) is 0 Å². The molecule has 3 aromatic rings. The van der Waals surface area contributed by atoms with E-state index in [2.05, 4.69) is 20.7 Å². The van der Waals surface area contributed by atoms with E-state index in [0.717, 1.165) is 55.4 Å². The molecule has 37 heavy (non-hydrogen) atoms. The molecule has 0 spiro atoms. The van der Waals surface area contributed by atoms with Crippen molar-refractivity contribution in [1.82, 2.24) is 30.4 Å². The van der Waals surface area contributed by atoms with Crippen LogP contribution in [0, 0.1) is 13.8 Å². The molecule has 5 rings (SSSR count). The second-order valence-corrected chi connectivity index (χ2v) is 10.0. The molecule has 1 saturated carbocycles. The molecule has 1 aliphatic heterocycles. The number of tetrazole rings is 1. The number of nitrogens with zero attached hydrogens (tertiary/aromatic N) is 5. The van der Waals surface area contributed by atoms with E-state index >= 15 is 0 Å². The van der Waals surface area contributed by atoms with Crippen molar-refractivity contribution >= 4 is 11.8 Å². The summed E-state index contributed by atoms with van der Waals surface area (Å²) in [5.41, 5.74) is 1.86. The molecule has 0 unspecified atom stereocenters. The van der Waals surface area contributed by atoms with Crippen LogP contribution in [0.1, 0.15) is 61.5 Å². The van der Waals surface area contributed by atoms with E-state index in [1.54, 1.807) is 11.0 Å². The number of benzene rings is 1. The maximum absolute atomic E-state index is 13.8. The minimum atomic E-state index is -0.784. The molecule has 2 fully saturated rings. The molecule has 10 nitrogen and oxygen atoms in total. The first-order valence-corrected chi connectivity index (χ1v) is 13.1. The molecule has 2 atom stereocenters. The average Bonchev–Trinajstić information content (AvgIpc) is 3.69. The van der Waals surface area contributed by atoms with Gasteiger partial charge in [-0.15, -0.1) is 10.2 Å². The first-order chi connectivity index (χ1) is 18.0. The SMILES string of the molecule is Cc1ccc([C@H](C(=O)NC2CCCC2)N(C[C@@H]2CCCO2)C(=O)Cn2nnc(-c3ccc(C)o3)n2)cc1. The number of hydrogen-bond acceptors (Lipinski definition) is 7. The lowest BCUT2D eigenvalue weighted by Gasteiger charge is -2.33. The van der Waals surface area contributed by atoms with Crippen LogP contribution in [0.2, 0.25) is 0 Å². The van der Waals surface area contributed by atoms with Crippen molar-refractivity contribution in [1.29, 1.82) is 0 Å². The Labute approximate surface area is 216 Å². The van der Waals surface area contributed by atoms with Crippen LogP contribution in [0.4, 0.5) is 0 Å². The summed E-state index contributed by atoms with van der Waals surface area (Å²) in [6.07, 6.45) is 5.79. The molecule has 10 heteroatoms. The Bertz CT molecular complexity index is 1210. The van der Waals surface area contributed by atoms with E-state index < -0.39 is 6.04 Å². The molecular weight excluding hydrogens is 472 g/mol. The third-order valence-corrected chi connectivity index (χ3v) is 7.09. The van der Waals surface area contributed by atoms with Gasteiger partial charge in [-0.3, -0.25) is 9.59 Å². The number of hydrogen-bond donors (Lipinski definition) is 1. The van der Waals surface area contributed by atoms with Crippen LogP contribution in [0.3, 0.4) is 0 Å². The number of aryl methyl sites for hydroxylation is 2. The van der Waals surface area contributed by atoms with Crippen molar-refractivity contribution in [2.45, 2.75) is 77.1 Å². The summed E-state index contributed by atoms with van der Waals surface area (Å²) in [5.74, 6) is 1.09. The topological polar surface area (TPSA) is 115 Å². The van der Waals surface area contributed by atoms with Gasteiger partial charge in [-0.2, -0.15) is 4.80 Å². The van der Waals surface area contributed by atoms with Crippen LogP contribution in [0.25, 0.3) is 11.6 Å². The Kier molecular flexibility index (Phi) is 7.64. The Balaban J connectivity index is 1.42. The van der Waals surface area contributed by atoms with Gasteiger partial charge in [-0.1, -0.05) is 42.7 Å². The molecule has 196 valence electrons. The van der Waals surface area contributed by atoms with E-state index in [0.29, 0.717) is 24.7 Å². The first kappa shape index (κ1) is 25.1. The maximum Gasteiger partial charge on any atom is 0.247 e. The zero-order chi connectivity index (χ0) is 25.8. The van der Waals surface area contributed by atoms with Crippen molar-refractivity contribution in [3.05, 3.63) is 53.3 Å². The highest BCUT2D eigenvalue weighted by Crippen LogP contribution is 2.27. The minimum Gasteiger partial charge on any atom is -0.458 e. The van der Waals surface area contributed by atoms with Crippen LogP contribution in [0.5, 0.6) is 0 Å². The fraction of sp³-hybridized carbons (Fsp3) is 0.519. The maximum atomic E-state index is 13.8. The zero-order valence-corrected chi connectivity index (χ0v) is 21.4. The standard InChI is InChI=1S/C27H34N6O4/c1-18-9-12-20(13-10-18)25(27(35)28-21-6-3-4-7-21)32(16-22-8-5-15-36-22)24(34)17-33-30-26(29-31-33)23-14-11-19(2)37-23/h9-14,21-22,25H,3-8,15-17H2,1-2H3,(H,28,35)/t22-,25+/m0/s1. The summed E-state index contributed by atoms with van der Waals surface area (Å²) in [4.78, 5) is 30.4. The molecule has 3 heterocycles. The van der Waals surface area contributed by atoms with E-state index in [-0.39, 0.29) is 30.5 Å². The third-order valence-electron chi connectivity index (χ3n) is 7.09. The largest absolute Gasteiger partial charge is 0.458 e. The highest BCUT2D eigenvalue weighted by molar-refractivity contribution is 5.89. The lowest BCUT2D eigenvalue weighted by Crippen LogP contribution is -2.49. The van der Waals surface area contributed by atoms with Gasteiger partial charge in [0.05, 0.1) is 6.10 Å². The summed E-state index contributed by atoms with van der Waals surface area (Å²) in [6, 6.07) is 10.7. The summed E-state index contributed by atoms with van der Waals surface area (Å²) < 4.78 is 11.5. The highest BCUT2D eigenvalue weighted by Gasteiger charge is 2.35. The minimum absolute atomic E-state index is 0.124. The average molecular weight is 507 g/mol. The van der Waals surface area contributed by atoms with Gasteiger partial charge in [0.1, 0.15) is 18.3 Å². The van der Waals surface area contributed by atoms with E-state index in [4.69, 9.17) is 9.15 Å². The van der Waals surface area contributed by atoms with Crippen LogP contribution >= 0.6 is 0 Å². The molecule has 2 amide bonds. The number of amides is 2. The Morgan fingerprint density at radius 3 is 2.54 bits per heavy atom. The summed E-state index contributed by atoms with van der Waals surface area (Å²) in [5, 5.41) is 15.7. The Morgan fingerprint density at radius 2 is 1.86 bits per heavy atom. The van der Waals surface area contributed by atoms with Gasteiger partial charge < -0.3 is 19.4 Å². The predicted octanol–water partition coefficient (Wildman–Crippen LogP) is 3.36. The molecule has 0 bridgehead atoms. The molecular formula is C27H34N6O4. The van der Waals surface area contributed by atoms with Gasteiger partial charge in [-0.05, 0) is 62.4 Å². The molecule has 1 aliphatic carbocycles. The fourth-order valence-electron chi connectivity index (χ4n) is 5.11. The lowest BCUT2D eigenvalue weighted by atomic mass is 10.0. The van der Waals surface area contributed by atoms with E-state index in [1.165, 1.54) is 4.80 Å². The van der Waals surface area contributed by atoms with E-state index in [9.17, 15) is 9.59 Å². The third kappa shape index (κ3) is 6.07. The molecule has 1 saturated heterocycles. The number of rotatable bonds is 9. The number of ether oxygens (including phenoxy) is 1. The Morgan fingerprint density at radius 1 is 1.08 bits per heavy atom. The fourth-order valence-corrected chi connectivity index (χ4v) is 5.11.